The number of urea groups is 1. The predicted molar refractivity (Wildman–Crippen MR) is 79.9 cm³/mol. The van der Waals surface area contributed by atoms with Crippen LogP contribution >= 0.6 is 0 Å². The molecule has 20 heavy (non-hydrogen) atoms. The third-order valence-electron chi connectivity index (χ3n) is 3.15. The normalized spacial score (nSPS) is 11.8. The molecule has 0 bridgehead atoms. The lowest BCUT2D eigenvalue weighted by atomic mass is 10.0. The number of nitrogens with zero attached hydrogens (tertiary/aromatic N) is 1. The second-order valence-electron chi connectivity index (χ2n) is 6.12. The molecule has 0 saturated carbocycles. The number of unbranched alkanes of at least 4 members (excludes halogenated alkanes) is 1. The molecule has 0 aromatic heterocycles. The largest absolute Gasteiger partial charge is 0.481 e. The second kappa shape index (κ2) is 8.79. The Hall–Kier alpha value is -1.30. The van der Waals surface area contributed by atoms with Crippen LogP contribution in [0.3, 0.4) is 0 Å². The molecule has 0 aromatic rings. The fourth-order valence-electron chi connectivity index (χ4n) is 1.72. The number of amides is 2. The van der Waals surface area contributed by atoms with Crippen LogP contribution in [0.4, 0.5) is 4.79 Å². The Kier molecular flexibility index (Phi) is 8.22. The maximum Gasteiger partial charge on any atom is 0.315 e. The van der Waals surface area contributed by atoms with E-state index >= 15 is 0 Å². The number of carbonyl (C=O) groups is 2. The Morgan fingerprint density at radius 3 is 2.35 bits per heavy atom. The van der Waals surface area contributed by atoms with Crippen molar-refractivity contribution in [1.29, 1.82) is 0 Å². The van der Waals surface area contributed by atoms with E-state index in [1.54, 1.807) is 13.8 Å². The van der Waals surface area contributed by atoms with Crippen molar-refractivity contribution < 1.29 is 14.7 Å². The van der Waals surface area contributed by atoms with Gasteiger partial charge in [0.05, 0.1) is 6.42 Å². The van der Waals surface area contributed by atoms with Crippen molar-refractivity contribution in [3.63, 3.8) is 0 Å². The van der Waals surface area contributed by atoms with Gasteiger partial charge >= 0.3 is 12.0 Å². The van der Waals surface area contributed by atoms with Crippen LogP contribution in [0, 0.1) is 0 Å². The van der Waals surface area contributed by atoms with E-state index in [9.17, 15) is 9.59 Å². The summed E-state index contributed by atoms with van der Waals surface area (Å²) in [6, 6.07) is 0.219. The predicted octanol–water partition coefficient (Wildman–Crippen LogP) is 1.66. The molecule has 0 atom stereocenters. The molecule has 0 aromatic carbocycles. The Bertz CT molecular complexity index is 317. The molecule has 0 rings (SSSR count). The van der Waals surface area contributed by atoms with Crippen LogP contribution < -0.4 is 10.6 Å². The smallest absolute Gasteiger partial charge is 0.315 e. The molecule has 0 spiro atoms. The quantitative estimate of drug-likeness (QED) is 0.563. The molecule has 118 valence electrons. The summed E-state index contributed by atoms with van der Waals surface area (Å²) in [7, 11) is 2.08. The number of carboxylic acids is 1. The highest BCUT2D eigenvalue weighted by atomic mass is 16.4. The van der Waals surface area contributed by atoms with Gasteiger partial charge in [0.15, 0.2) is 0 Å². The van der Waals surface area contributed by atoms with E-state index in [1.807, 2.05) is 0 Å². The SMILES string of the molecule is CC(C)N(C)CCCCNC(=O)NC(C)(C)CC(=O)O. The van der Waals surface area contributed by atoms with Crippen molar-refractivity contribution in [1.82, 2.24) is 15.5 Å². The summed E-state index contributed by atoms with van der Waals surface area (Å²) in [5.74, 6) is -0.924. The van der Waals surface area contributed by atoms with Crippen LogP contribution in [0.25, 0.3) is 0 Å². The molecular weight excluding hydrogens is 258 g/mol. The van der Waals surface area contributed by atoms with Crippen LogP contribution in [-0.4, -0.2) is 53.7 Å². The van der Waals surface area contributed by atoms with Gasteiger partial charge in [0.1, 0.15) is 0 Å². The van der Waals surface area contributed by atoms with Crippen LogP contribution in [-0.2, 0) is 4.79 Å². The number of aliphatic carboxylic acids is 1. The van der Waals surface area contributed by atoms with Crippen molar-refractivity contribution >= 4 is 12.0 Å². The Morgan fingerprint density at radius 1 is 1.25 bits per heavy atom. The van der Waals surface area contributed by atoms with Crippen molar-refractivity contribution in [2.45, 2.75) is 58.5 Å². The van der Waals surface area contributed by atoms with E-state index in [0.29, 0.717) is 12.6 Å². The highest BCUT2D eigenvalue weighted by Gasteiger charge is 2.23. The van der Waals surface area contributed by atoms with E-state index < -0.39 is 11.5 Å². The summed E-state index contributed by atoms with van der Waals surface area (Å²) in [4.78, 5) is 24.5. The Labute approximate surface area is 121 Å². The standard InChI is InChI=1S/C14H29N3O3/c1-11(2)17(5)9-7-6-8-15-13(20)16-14(3,4)10-12(18)19/h11H,6-10H2,1-5H3,(H,18,19)(H2,15,16,20). The zero-order valence-electron chi connectivity index (χ0n) is 13.3. The molecule has 0 fully saturated rings. The van der Waals surface area contributed by atoms with Crippen LogP contribution in [0.15, 0.2) is 0 Å². The first kappa shape index (κ1) is 18.7. The fourth-order valence-corrected chi connectivity index (χ4v) is 1.72. The highest BCUT2D eigenvalue weighted by Crippen LogP contribution is 2.07. The van der Waals surface area contributed by atoms with Crippen LogP contribution in [0.5, 0.6) is 0 Å². The highest BCUT2D eigenvalue weighted by molar-refractivity contribution is 5.76. The van der Waals surface area contributed by atoms with Crippen molar-refractivity contribution in [2.75, 3.05) is 20.1 Å². The average molecular weight is 287 g/mol. The molecule has 3 N–H and O–H groups in total. The average Bonchev–Trinajstić information content (AvgIpc) is 2.25. The fraction of sp³-hybridized carbons (Fsp3) is 0.857. The van der Waals surface area contributed by atoms with Gasteiger partial charge in [-0.2, -0.15) is 0 Å². The number of carboxylic acid groups (broad SMARTS) is 1. The third kappa shape index (κ3) is 9.61. The molecule has 0 heterocycles. The first-order chi connectivity index (χ1) is 9.14. The molecule has 0 aliphatic rings. The summed E-state index contributed by atoms with van der Waals surface area (Å²) < 4.78 is 0. The number of hydrogen-bond donors (Lipinski definition) is 3. The number of nitrogens with one attached hydrogen (secondary N) is 2. The summed E-state index contributed by atoms with van der Waals surface area (Å²) in [6.07, 6.45) is 1.83. The monoisotopic (exact) mass is 287 g/mol. The molecule has 0 saturated heterocycles. The van der Waals surface area contributed by atoms with Crippen LogP contribution in [0.2, 0.25) is 0 Å². The van der Waals surface area contributed by atoms with Gasteiger partial charge < -0.3 is 20.6 Å². The molecule has 0 aliphatic carbocycles. The minimum Gasteiger partial charge on any atom is -0.481 e. The molecule has 6 heteroatoms. The Morgan fingerprint density at radius 2 is 1.85 bits per heavy atom. The number of hydrogen-bond acceptors (Lipinski definition) is 3. The lowest BCUT2D eigenvalue weighted by Gasteiger charge is -2.24. The van der Waals surface area contributed by atoms with Gasteiger partial charge in [-0.15, -0.1) is 0 Å². The molecule has 0 aliphatic heterocycles. The summed E-state index contributed by atoms with van der Waals surface area (Å²) in [5.41, 5.74) is -0.742. The Balaban J connectivity index is 3.76. The topological polar surface area (TPSA) is 81.7 Å². The molecule has 2 amide bonds. The molecule has 0 radical (unpaired) electrons. The van der Waals surface area contributed by atoms with E-state index in [0.717, 1.165) is 19.4 Å². The van der Waals surface area contributed by atoms with E-state index in [-0.39, 0.29) is 12.5 Å². The lowest BCUT2D eigenvalue weighted by Crippen LogP contribution is -2.49. The zero-order valence-corrected chi connectivity index (χ0v) is 13.3. The van der Waals surface area contributed by atoms with Gasteiger partial charge in [0, 0.05) is 18.1 Å². The maximum absolute atomic E-state index is 11.6. The van der Waals surface area contributed by atoms with Gasteiger partial charge in [-0.05, 0) is 54.1 Å². The lowest BCUT2D eigenvalue weighted by molar-refractivity contribution is -0.138. The first-order valence-electron chi connectivity index (χ1n) is 7.12. The summed E-state index contributed by atoms with van der Waals surface area (Å²) in [6.45, 7) is 9.29. The first-order valence-corrected chi connectivity index (χ1v) is 7.12. The van der Waals surface area contributed by atoms with Crippen LogP contribution in [0.1, 0.15) is 47.0 Å². The van der Waals surface area contributed by atoms with E-state index in [2.05, 4.69) is 36.4 Å². The second-order valence-corrected chi connectivity index (χ2v) is 6.12. The summed E-state index contributed by atoms with van der Waals surface area (Å²) in [5, 5.41) is 14.1. The molecule has 0 unspecified atom stereocenters. The van der Waals surface area contributed by atoms with E-state index in [4.69, 9.17) is 5.11 Å². The van der Waals surface area contributed by atoms with Crippen molar-refractivity contribution in [2.24, 2.45) is 0 Å². The minimum atomic E-state index is -0.924. The summed E-state index contributed by atoms with van der Waals surface area (Å²) >= 11 is 0. The molecular formula is C14H29N3O3. The van der Waals surface area contributed by atoms with Gasteiger partial charge in [-0.25, -0.2) is 4.79 Å². The van der Waals surface area contributed by atoms with E-state index in [1.165, 1.54) is 0 Å². The molecule has 6 nitrogen and oxygen atoms in total. The van der Waals surface area contributed by atoms with Crippen molar-refractivity contribution in [3.8, 4) is 0 Å². The van der Waals surface area contributed by atoms with Gasteiger partial charge in [-0.3, -0.25) is 4.79 Å². The zero-order chi connectivity index (χ0) is 15.8. The number of rotatable bonds is 9. The van der Waals surface area contributed by atoms with Gasteiger partial charge in [0.2, 0.25) is 0 Å². The minimum absolute atomic E-state index is 0.0976. The number of carbonyl (C=O) groups excluding carboxylic acids is 1. The van der Waals surface area contributed by atoms with Gasteiger partial charge in [-0.1, -0.05) is 0 Å². The third-order valence-corrected chi connectivity index (χ3v) is 3.15. The van der Waals surface area contributed by atoms with Gasteiger partial charge in [0.25, 0.3) is 0 Å². The maximum atomic E-state index is 11.6. The van der Waals surface area contributed by atoms with Crippen molar-refractivity contribution in [3.05, 3.63) is 0 Å².